The Bertz CT molecular complexity index is 499. The van der Waals surface area contributed by atoms with E-state index in [0.29, 0.717) is 12.6 Å². The predicted octanol–water partition coefficient (Wildman–Crippen LogP) is 3.74. The van der Waals surface area contributed by atoms with Gasteiger partial charge in [-0.15, -0.1) is 0 Å². The van der Waals surface area contributed by atoms with Crippen molar-refractivity contribution < 1.29 is 9.53 Å². The van der Waals surface area contributed by atoms with Crippen LogP contribution in [0.5, 0.6) is 5.75 Å². The first kappa shape index (κ1) is 19.1. The molecule has 1 saturated heterocycles. The summed E-state index contributed by atoms with van der Waals surface area (Å²) in [6.07, 6.45) is 4.06. The van der Waals surface area contributed by atoms with E-state index in [9.17, 15) is 4.79 Å². The molecule has 24 heavy (non-hydrogen) atoms. The number of likely N-dealkylation sites (tertiary alicyclic amines) is 1. The molecule has 1 amide bonds. The Labute approximate surface area is 150 Å². The van der Waals surface area contributed by atoms with Crippen LogP contribution in [0.3, 0.4) is 0 Å². The smallest absolute Gasteiger partial charge is 0.223 e. The van der Waals surface area contributed by atoms with Crippen molar-refractivity contribution in [3.05, 3.63) is 29.3 Å². The summed E-state index contributed by atoms with van der Waals surface area (Å²) in [5, 5.41) is 3.92. The van der Waals surface area contributed by atoms with Gasteiger partial charge in [-0.3, -0.25) is 9.69 Å². The van der Waals surface area contributed by atoms with Gasteiger partial charge in [0.05, 0.1) is 0 Å². The number of ether oxygens (including phenoxy) is 1. The molecule has 1 aliphatic rings. The van der Waals surface area contributed by atoms with Gasteiger partial charge in [-0.2, -0.15) is 0 Å². The lowest BCUT2D eigenvalue weighted by molar-refractivity contribution is -0.125. The summed E-state index contributed by atoms with van der Waals surface area (Å²) in [5.41, 5.74) is 0. The van der Waals surface area contributed by atoms with E-state index < -0.39 is 0 Å². The third-order valence-corrected chi connectivity index (χ3v) is 4.85. The van der Waals surface area contributed by atoms with Crippen molar-refractivity contribution >= 4 is 17.5 Å². The molecule has 0 aliphatic carbocycles. The predicted molar refractivity (Wildman–Crippen MR) is 98.6 cm³/mol. The van der Waals surface area contributed by atoms with Crippen LogP contribution in [0, 0.1) is 5.92 Å². The molecule has 134 valence electrons. The standard InChI is InChI=1S/C19H29ClN2O2/c1-3-4-15(2)19(23)21-17-9-11-22(12-10-17)13-14-24-18-7-5-16(20)6-8-18/h5-8,15,17H,3-4,9-14H2,1-2H3,(H,21,23). The van der Waals surface area contributed by atoms with Crippen LogP contribution in [0.2, 0.25) is 5.02 Å². The van der Waals surface area contributed by atoms with Crippen molar-refractivity contribution in [1.29, 1.82) is 0 Å². The quantitative estimate of drug-likeness (QED) is 0.775. The van der Waals surface area contributed by atoms with Crippen LogP contribution in [0.15, 0.2) is 24.3 Å². The molecular formula is C19H29ClN2O2. The van der Waals surface area contributed by atoms with Crippen LogP contribution < -0.4 is 10.1 Å². The molecule has 1 aliphatic heterocycles. The molecule has 1 N–H and O–H groups in total. The molecule has 1 heterocycles. The van der Waals surface area contributed by atoms with Crippen molar-refractivity contribution in [3.8, 4) is 5.75 Å². The van der Waals surface area contributed by atoms with E-state index in [1.165, 1.54) is 0 Å². The maximum Gasteiger partial charge on any atom is 0.223 e. The lowest BCUT2D eigenvalue weighted by Crippen LogP contribution is -2.46. The second-order valence-electron chi connectivity index (χ2n) is 6.62. The highest BCUT2D eigenvalue weighted by Gasteiger charge is 2.22. The first-order chi connectivity index (χ1) is 11.6. The minimum absolute atomic E-state index is 0.126. The van der Waals surface area contributed by atoms with Gasteiger partial charge in [-0.1, -0.05) is 31.9 Å². The van der Waals surface area contributed by atoms with Gasteiger partial charge in [0, 0.05) is 36.6 Å². The van der Waals surface area contributed by atoms with Crippen LogP contribution in [0.25, 0.3) is 0 Å². The lowest BCUT2D eigenvalue weighted by atomic mass is 10.0. The number of amides is 1. The fourth-order valence-electron chi connectivity index (χ4n) is 3.03. The molecule has 0 radical (unpaired) electrons. The van der Waals surface area contributed by atoms with E-state index in [1.807, 2.05) is 31.2 Å². The Morgan fingerprint density at radius 2 is 2.00 bits per heavy atom. The zero-order valence-corrected chi connectivity index (χ0v) is 15.5. The van der Waals surface area contributed by atoms with Crippen molar-refractivity contribution in [3.63, 3.8) is 0 Å². The number of carbonyl (C=O) groups excluding carboxylic acids is 1. The van der Waals surface area contributed by atoms with E-state index in [2.05, 4.69) is 17.1 Å². The molecule has 1 aromatic rings. The van der Waals surface area contributed by atoms with Crippen LogP contribution >= 0.6 is 11.6 Å². The molecule has 0 bridgehead atoms. The van der Waals surface area contributed by atoms with Crippen molar-refractivity contribution in [2.45, 2.75) is 45.6 Å². The van der Waals surface area contributed by atoms with E-state index in [0.717, 1.165) is 56.1 Å². The normalized spacial score (nSPS) is 17.5. The lowest BCUT2D eigenvalue weighted by Gasteiger charge is -2.32. The minimum atomic E-state index is 0.126. The zero-order valence-electron chi connectivity index (χ0n) is 14.8. The molecule has 1 fully saturated rings. The summed E-state index contributed by atoms with van der Waals surface area (Å²) in [6, 6.07) is 7.78. The van der Waals surface area contributed by atoms with Gasteiger partial charge < -0.3 is 10.1 Å². The summed E-state index contributed by atoms with van der Waals surface area (Å²) in [4.78, 5) is 14.5. The molecular weight excluding hydrogens is 324 g/mol. The molecule has 5 heteroatoms. The van der Waals surface area contributed by atoms with Crippen LogP contribution in [0.4, 0.5) is 0 Å². The van der Waals surface area contributed by atoms with Crippen molar-refractivity contribution in [2.75, 3.05) is 26.2 Å². The summed E-state index contributed by atoms with van der Waals surface area (Å²) in [7, 11) is 0. The number of benzene rings is 1. The summed E-state index contributed by atoms with van der Waals surface area (Å²) in [6.45, 7) is 7.74. The van der Waals surface area contributed by atoms with Gasteiger partial charge >= 0.3 is 0 Å². The van der Waals surface area contributed by atoms with E-state index in [4.69, 9.17) is 16.3 Å². The number of hydrogen-bond donors (Lipinski definition) is 1. The van der Waals surface area contributed by atoms with Gasteiger partial charge in [0.15, 0.2) is 0 Å². The SMILES string of the molecule is CCCC(C)C(=O)NC1CCN(CCOc2ccc(Cl)cc2)CC1. The highest BCUT2D eigenvalue weighted by Crippen LogP contribution is 2.16. The molecule has 0 aromatic heterocycles. The number of nitrogens with one attached hydrogen (secondary N) is 1. The first-order valence-electron chi connectivity index (χ1n) is 8.99. The Morgan fingerprint density at radius 1 is 1.33 bits per heavy atom. The van der Waals surface area contributed by atoms with Gasteiger partial charge in [0.25, 0.3) is 0 Å². The molecule has 2 rings (SSSR count). The maximum absolute atomic E-state index is 12.1. The largest absolute Gasteiger partial charge is 0.492 e. The number of piperidine rings is 1. The van der Waals surface area contributed by atoms with E-state index >= 15 is 0 Å². The minimum Gasteiger partial charge on any atom is -0.492 e. The van der Waals surface area contributed by atoms with Gasteiger partial charge in [-0.25, -0.2) is 0 Å². The number of carbonyl (C=O) groups is 1. The van der Waals surface area contributed by atoms with Crippen molar-refractivity contribution in [1.82, 2.24) is 10.2 Å². The van der Waals surface area contributed by atoms with Crippen LogP contribution in [-0.2, 0) is 4.79 Å². The highest BCUT2D eigenvalue weighted by atomic mass is 35.5. The van der Waals surface area contributed by atoms with E-state index in [-0.39, 0.29) is 11.8 Å². The number of nitrogens with zero attached hydrogens (tertiary/aromatic N) is 1. The molecule has 0 saturated carbocycles. The number of halogens is 1. The Kier molecular flexibility index (Phi) is 7.86. The monoisotopic (exact) mass is 352 g/mol. The first-order valence-corrected chi connectivity index (χ1v) is 9.37. The fourth-order valence-corrected chi connectivity index (χ4v) is 3.16. The Balaban J connectivity index is 1.62. The Hall–Kier alpha value is -1.26. The van der Waals surface area contributed by atoms with Gasteiger partial charge in [0.1, 0.15) is 12.4 Å². The van der Waals surface area contributed by atoms with Crippen LogP contribution in [-0.4, -0.2) is 43.1 Å². The summed E-state index contributed by atoms with van der Waals surface area (Å²) >= 11 is 5.86. The van der Waals surface area contributed by atoms with Crippen molar-refractivity contribution in [2.24, 2.45) is 5.92 Å². The fraction of sp³-hybridized carbons (Fsp3) is 0.632. The van der Waals surface area contributed by atoms with Gasteiger partial charge in [-0.05, 0) is 43.5 Å². The topological polar surface area (TPSA) is 41.6 Å². The third-order valence-electron chi connectivity index (χ3n) is 4.59. The summed E-state index contributed by atoms with van der Waals surface area (Å²) in [5.74, 6) is 1.19. The molecule has 4 nitrogen and oxygen atoms in total. The van der Waals surface area contributed by atoms with Crippen LogP contribution in [0.1, 0.15) is 39.5 Å². The maximum atomic E-state index is 12.1. The molecule has 1 aromatic carbocycles. The molecule has 1 atom stereocenters. The molecule has 0 spiro atoms. The Morgan fingerprint density at radius 3 is 2.62 bits per heavy atom. The zero-order chi connectivity index (χ0) is 17.4. The average Bonchev–Trinajstić information content (AvgIpc) is 2.58. The second-order valence-corrected chi connectivity index (χ2v) is 7.05. The number of hydrogen-bond acceptors (Lipinski definition) is 3. The summed E-state index contributed by atoms with van der Waals surface area (Å²) < 4.78 is 5.74. The molecule has 1 unspecified atom stereocenters. The van der Waals surface area contributed by atoms with E-state index in [1.54, 1.807) is 0 Å². The second kappa shape index (κ2) is 9.90. The average molecular weight is 353 g/mol. The third kappa shape index (κ3) is 6.33. The van der Waals surface area contributed by atoms with Gasteiger partial charge in [0.2, 0.25) is 5.91 Å². The number of rotatable bonds is 8. The highest BCUT2D eigenvalue weighted by molar-refractivity contribution is 6.30.